The van der Waals surface area contributed by atoms with Gasteiger partial charge in [0.2, 0.25) is 15.9 Å². The largest absolute Gasteiger partial charge is 0.480 e. The van der Waals surface area contributed by atoms with Crippen molar-refractivity contribution < 1.29 is 37.4 Å². The Kier molecular flexibility index (Phi) is 10.1. The van der Waals surface area contributed by atoms with Crippen molar-refractivity contribution in [3.8, 4) is 0 Å². The number of anilines is 1. The van der Waals surface area contributed by atoms with E-state index in [9.17, 15) is 32.7 Å². The lowest BCUT2D eigenvalue weighted by atomic mass is 10.0. The third kappa shape index (κ3) is 7.82. The molecule has 12 nitrogen and oxygen atoms in total. The predicted octanol–water partition coefficient (Wildman–Crippen LogP) is 2.98. The van der Waals surface area contributed by atoms with Gasteiger partial charge in [0.15, 0.2) is 0 Å². The standard InChI is InChI=1S/C31H40N4O8S/c1-20-12-14-23(15-13-20)44(41,42)34-17-7-11-26(34)27(36)33-25(29(38)39)19-21-8-5-9-22(18-21)35(30(40)43-31(2,3)4)28(37)24-10-6-16-32-24/h5,8-9,12-15,18,24-26,32H,6-7,10-11,16-17,19H2,1-4H3,(H,33,36)(H,38,39)/t24?,25-,26-/m0/s1. The molecule has 0 aromatic heterocycles. The zero-order valence-corrected chi connectivity index (χ0v) is 26.2. The Hall–Kier alpha value is -3.81. The Morgan fingerprint density at radius 3 is 2.41 bits per heavy atom. The van der Waals surface area contributed by atoms with Gasteiger partial charge < -0.3 is 20.5 Å². The minimum atomic E-state index is -3.98. The number of carboxylic acid groups (broad SMARTS) is 1. The number of carbonyl (C=O) groups is 4. The fourth-order valence-corrected chi connectivity index (χ4v) is 7.00. The van der Waals surface area contributed by atoms with Crippen molar-refractivity contribution >= 4 is 39.6 Å². The van der Waals surface area contributed by atoms with Crippen molar-refractivity contribution in [1.82, 2.24) is 14.9 Å². The zero-order valence-electron chi connectivity index (χ0n) is 25.4. The maximum atomic E-state index is 13.4. The smallest absolute Gasteiger partial charge is 0.421 e. The van der Waals surface area contributed by atoms with Gasteiger partial charge in [0.1, 0.15) is 17.7 Å². The molecule has 2 heterocycles. The number of carbonyl (C=O) groups excluding carboxylic acids is 3. The molecule has 0 spiro atoms. The van der Waals surface area contributed by atoms with Gasteiger partial charge in [-0.1, -0.05) is 29.8 Å². The summed E-state index contributed by atoms with van der Waals surface area (Å²) < 4.78 is 33.3. The van der Waals surface area contributed by atoms with Crippen LogP contribution in [0.4, 0.5) is 10.5 Å². The highest BCUT2D eigenvalue weighted by Gasteiger charge is 2.41. The van der Waals surface area contributed by atoms with Crippen molar-refractivity contribution in [1.29, 1.82) is 0 Å². The van der Waals surface area contributed by atoms with Crippen LogP contribution in [0.15, 0.2) is 53.4 Å². The quantitative estimate of drug-likeness (QED) is 0.379. The SMILES string of the molecule is Cc1ccc(S(=O)(=O)N2CCC[C@H]2C(=O)N[C@@H](Cc2cccc(N(C(=O)OC(C)(C)C)C(=O)C3CCCN3)c2)C(=O)O)cc1. The molecule has 3 atom stereocenters. The summed E-state index contributed by atoms with van der Waals surface area (Å²) in [6, 6.07) is 9.58. The molecule has 238 valence electrons. The number of sulfonamides is 1. The number of hydrogen-bond acceptors (Lipinski definition) is 8. The summed E-state index contributed by atoms with van der Waals surface area (Å²) in [4.78, 5) is 53.2. The van der Waals surface area contributed by atoms with Crippen molar-refractivity contribution in [3.05, 3.63) is 59.7 Å². The summed E-state index contributed by atoms with van der Waals surface area (Å²) in [7, 11) is -3.98. The third-order valence-corrected chi connectivity index (χ3v) is 9.43. The number of benzene rings is 2. The van der Waals surface area contributed by atoms with Crippen LogP contribution in [-0.4, -0.2) is 78.5 Å². The molecule has 1 unspecified atom stereocenters. The highest BCUT2D eigenvalue weighted by molar-refractivity contribution is 7.89. The topological polar surface area (TPSA) is 162 Å². The highest BCUT2D eigenvalue weighted by atomic mass is 32.2. The van der Waals surface area contributed by atoms with E-state index >= 15 is 0 Å². The van der Waals surface area contributed by atoms with Crippen LogP contribution in [0, 0.1) is 6.92 Å². The minimum absolute atomic E-state index is 0.0614. The number of nitrogens with one attached hydrogen (secondary N) is 2. The average molecular weight is 629 g/mol. The first-order chi connectivity index (χ1) is 20.7. The Balaban J connectivity index is 1.53. The maximum Gasteiger partial charge on any atom is 0.421 e. The normalized spacial score (nSPS) is 19.7. The number of rotatable bonds is 9. The zero-order chi connectivity index (χ0) is 32.2. The summed E-state index contributed by atoms with van der Waals surface area (Å²) in [5.74, 6) is -2.50. The maximum absolute atomic E-state index is 13.4. The van der Waals surface area contributed by atoms with Gasteiger partial charge in [-0.25, -0.2) is 22.9 Å². The second-order valence-corrected chi connectivity index (χ2v) is 14.1. The van der Waals surface area contributed by atoms with Crippen LogP contribution >= 0.6 is 0 Å². The molecular weight excluding hydrogens is 588 g/mol. The minimum Gasteiger partial charge on any atom is -0.480 e. The summed E-state index contributed by atoms with van der Waals surface area (Å²) in [5.41, 5.74) is 0.668. The van der Waals surface area contributed by atoms with Crippen LogP contribution in [0.5, 0.6) is 0 Å². The van der Waals surface area contributed by atoms with Crippen molar-refractivity contribution in [3.63, 3.8) is 0 Å². The van der Waals surface area contributed by atoms with E-state index in [1.165, 1.54) is 18.2 Å². The van der Waals surface area contributed by atoms with Crippen LogP contribution in [0.3, 0.4) is 0 Å². The van der Waals surface area contributed by atoms with E-state index in [4.69, 9.17) is 4.74 Å². The first-order valence-electron chi connectivity index (χ1n) is 14.7. The van der Waals surface area contributed by atoms with E-state index in [0.717, 1.165) is 21.2 Å². The van der Waals surface area contributed by atoms with Gasteiger partial charge in [-0.15, -0.1) is 0 Å². The van der Waals surface area contributed by atoms with E-state index in [0.29, 0.717) is 24.9 Å². The molecular formula is C31H40N4O8S. The molecule has 13 heteroatoms. The van der Waals surface area contributed by atoms with E-state index in [-0.39, 0.29) is 30.0 Å². The lowest BCUT2D eigenvalue weighted by Crippen LogP contribution is -2.51. The second-order valence-electron chi connectivity index (χ2n) is 12.2. The summed E-state index contributed by atoms with van der Waals surface area (Å²) in [6.45, 7) is 7.69. The molecule has 2 saturated heterocycles. The molecule has 2 aliphatic rings. The number of nitrogens with zero attached hydrogens (tertiary/aromatic N) is 2. The molecule has 0 aliphatic carbocycles. The first kappa shape index (κ1) is 33.1. The van der Waals surface area contributed by atoms with Gasteiger partial charge >= 0.3 is 12.1 Å². The van der Waals surface area contributed by atoms with Gasteiger partial charge in [-0.3, -0.25) is 9.59 Å². The van der Waals surface area contributed by atoms with Crippen LogP contribution < -0.4 is 15.5 Å². The Bertz CT molecular complexity index is 1500. The van der Waals surface area contributed by atoms with Crippen LogP contribution in [0.1, 0.15) is 57.6 Å². The van der Waals surface area contributed by atoms with E-state index in [1.807, 2.05) is 6.92 Å². The predicted molar refractivity (Wildman–Crippen MR) is 163 cm³/mol. The van der Waals surface area contributed by atoms with E-state index < -0.39 is 57.6 Å². The lowest BCUT2D eigenvalue weighted by Gasteiger charge is -2.28. The molecule has 0 saturated carbocycles. The van der Waals surface area contributed by atoms with Crippen LogP contribution in [-0.2, 0) is 35.6 Å². The summed E-state index contributed by atoms with van der Waals surface area (Å²) >= 11 is 0. The molecule has 2 aromatic rings. The number of hydrogen-bond donors (Lipinski definition) is 3. The second kappa shape index (κ2) is 13.4. The average Bonchev–Trinajstić information content (AvgIpc) is 3.65. The number of aryl methyl sites for hydroxylation is 1. The molecule has 2 fully saturated rings. The lowest BCUT2D eigenvalue weighted by molar-refractivity contribution is -0.142. The van der Waals surface area contributed by atoms with Crippen molar-refractivity contribution in [2.45, 2.75) is 88.4 Å². The van der Waals surface area contributed by atoms with E-state index in [1.54, 1.807) is 51.1 Å². The fourth-order valence-electron chi connectivity index (χ4n) is 5.34. The monoisotopic (exact) mass is 628 g/mol. The van der Waals surface area contributed by atoms with Crippen LogP contribution in [0.25, 0.3) is 0 Å². The molecule has 2 aromatic carbocycles. The molecule has 3 N–H and O–H groups in total. The number of carboxylic acids is 1. The number of ether oxygens (including phenoxy) is 1. The molecule has 4 rings (SSSR count). The summed E-state index contributed by atoms with van der Waals surface area (Å²) in [6.07, 6.45) is 1.01. The molecule has 2 aliphatic heterocycles. The Labute approximate surface area is 257 Å². The number of aliphatic carboxylic acids is 1. The van der Waals surface area contributed by atoms with E-state index in [2.05, 4.69) is 10.6 Å². The van der Waals surface area contributed by atoms with Gasteiger partial charge in [-0.05, 0) is 89.8 Å². The highest BCUT2D eigenvalue weighted by Crippen LogP contribution is 2.27. The molecule has 3 amide bonds. The molecule has 0 radical (unpaired) electrons. The first-order valence-corrected chi connectivity index (χ1v) is 16.1. The van der Waals surface area contributed by atoms with Crippen molar-refractivity contribution in [2.75, 3.05) is 18.0 Å². The van der Waals surface area contributed by atoms with Gasteiger partial charge in [-0.2, -0.15) is 4.31 Å². The van der Waals surface area contributed by atoms with Gasteiger partial charge in [0.25, 0.3) is 5.91 Å². The fraction of sp³-hybridized carbons (Fsp3) is 0.484. The Morgan fingerprint density at radius 1 is 1.09 bits per heavy atom. The number of amides is 3. The van der Waals surface area contributed by atoms with Gasteiger partial charge in [0, 0.05) is 13.0 Å². The third-order valence-electron chi connectivity index (χ3n) is 7.51. The summed E-state index contributed by atoms with van der Waals surface area (Å²) in [5, 5.41) is 15.6. The number of imide groups is 1. The Morgan fingerprint density at radius 2 is 1.80 bits per heavy atom. The molecule has 0 bridgehead atoms. The van der Waals surface area contributed by atoms with Gasteiger partial charge in [0.05, 0.1) is 16.6 Å². The van der Waals surface area contributed by atoms with Crippen molar-refractivity contribution in [2.24, 2.45) is 0 Å². The van der Waals surface area contributed by atoms with Crippen LogP contribution in [0.2, 0.25) is 0 Å². The molecule has 44 heavy (non-hydrogen) atoms.